The van der Waals surface area contributed by atoms with E-state index in [-0.39, 0.29) is 0 Å². The number of esters is 1. The number of nitriles is 1. The lowest BCUT2D eigenvalue weighted by Crippen LogP contribution is -2.30. The molecule has 1 N–H and O–H groups in total. The number of hydrogen-bond donors (Lipinski definition) is 1. The fraction of sp³-hybridized carbons (Fsp3) is 0.250. The van der Waals surface area contributed by atoms with Gasteiger partial charge in [0.1, 0.15) is 0 Å². The highest BCUT2D eigenvalue weighted by Gasteiger charge is 2.21. The summed E-state index contributed by atoms with van der Waals surface area (Å²) in [7, 11) is 0. The van der Waals surface area contributed by atoms with Gasteiger partial charge in [-0.3, -0.25) is 4.79 Å². The number of ether oxygens (including phenoxy) is 1. The third kappa shape index (κ3) is 5.06. The van der Waals surface area contributed by atoms with Crippen molar-refractivity contribution in [3.05, 3.63) is 65.2 Å². The van der Waals surface area contributed by atoms with Crippen molar-refractivity contribution in [2.75, 3.05) is 16.8 Å². The summed E-state index contributed by atoms with van der Waals surface area (Å²) < 4.78 is 5.69. The second-order valence-electron chi connectivity index (χ2n) is 5.92. The Kier molecular flexibility index (Phi) is 6.43. The number of nitrogens with one attached hydrogen (secondary N) is 1. The molecule has 1 fully saturated rings. The first-order valence-electron chi connectivity index (χ1n) is 8.42. The molecule has 0 bridgehead atoms. The van der Waals surface area contributed by atoms with Crippen LogP contribution in [0.5, 0.6) is 0 Å². The molecule has 1 aliphatic heterocycles. The van der Waals surface area contributed by atoms with Crippen molar-refractivity contribution < 1.29 is 14.3 Å². The van der Waals surface area contributed by atoms with E-state index in [1.165, 1.54) is 12.5 Å². The molecular formula is C20H18N2O3S2. The van der Waals surface area contributed by atoms with Crippen molar-refractivity contribution in [3.63, 3.8) is 0 Å². The van der Waals surface area contributed by atoms with Crippen molar-refractivity contribution in [1.82, 2.24) is 0 Å². The first kappa shape index (κ1) is 19.3. The predicted molar refractivity (Wildman–Crippen MR) is 109 cm³/mol. The lowest BCUT2D eigenvalue weighted by atomic mass is 10.1. The first-order chi connectivity index (χ1) is 13.1. The van der Waals surface area contributed by atoms with E-state index >= 15 is 0 Å². The summed E-state index contributed by atoms with van der Waals surface area (Å²) in [5.74, 6) is 1.29. The number of nitrogens with zero attached hydrogens (tertiary/aromatic N) is 1. The van der Waals surface area contributed by atoms with Crippen LogP contribution in [0, 0.1) is 11.3 Å². The molecule has 27 heavy (non-hydrogen) atoms. The number of carbonyl (C=O) groups is 2. The molecule has 7 heteroatoms. The highest BCUT2D eigenvalue weighted by Crippen LogP contribution is 2.45. The summed E-state index contributed by atoms with van der Waals surface area (Å²) >= 11 is 3.80. The third-order valence-electron chi connectivity index (χ3n) is 3.95. The molecule has 0 unspecified atom stereocenters. The van der Waals surface area contributed by atoms with Crippen LogP contribution in [-0.4, -0.2) is 29.5 Å². The molecule has 1 heterocycles. The zero-order chi connectivity index (χ0) is 19.2. The number of thioether (sulfide) groups is 2. The zero-order valence-corrected chi connectivity index (χ0v) is 16.3. The predicted octanol–water partition coefficient (Wildman–Crippen LogP) is 4.22. The SMILES string of the molecule is C[C@H](OC(=O)c1ccc(C2SCCS2)cc1)C(=O)Nc1cccc(C#N)c1. The number of anilines is 1. The highest BCUT2D eigenvalue weighted by molar-refractivity contribution is 8.19. The molecule has 0 spiro atoms. The van der Waals surface area contributed by atoms with Gasteiger partial charge in [0, 0.05) is 17.2 Å². The lowest BCUT2D eigenvalue weighted by molar-refractivity contribution is -0.123. The van der Waals surface area contributed by atoms with Gasteiger partial charge < -0.3 is 10.1 Å². The van der Waals surface area contributed by atoms with Crippen LogP contribution >= 0.6 is 23.5 Å². The van der Waals surface area contributed by atoms with Gasteiger partial charge in [0.05, 0.1) is 21.8 Å². The van der Waals surface area contributed by atoms with Crippen LogP contribution in [0.1, 0.15) is 33.0 Å². The van der Waals surface area contributed by atoms with Gasteiger partial charge in [0.2, 0.25) is 0 Å². The van der Waals surface area contributed by atoms with Gasteiger partial charge in [-0.2, -0.15) is 5.26 Å². The molecule has 0 saturated carbocycles. The molecule has 1 amide bonds. The van der Waals surface area contributed by atoms with Crippen molar-refractivity contribution >= 4 is 41.1 Å². The summed E-state index contributed by atoms with van der Waals surface area (Å²) in [6, 6.07) is 15.9. The van der Waals surface area contributed by atoms with Crippen LogP contribution in [0.2, 0.25) is 0 Å². The zero-order valence-electron chi connectivity index (χ0n) is 14.7. The van der Waals surface area contributed by atoms with E-state index in [0.29, 0.717) is 21.4 Å². The highest BCUT2D eigenvalue weighted by atomic mass is 32.2. The molecule has 138 valence electrons. The number of benzene rings is 2. The van der Waals surface area contributed by atoms with Gasteiger partial charge in [0.15, 0.2) is 6.10 Å². The monoisotopic (exact) mass is 398 g/mol. The molecule has 1 saturated heterocycles. The van der Waals surface area contributed by atoms with Crippen LogP contribution in [0.4, 0.5) is 5.69 Å². The Hall–Kier alpha value is -2.43. The van der Waals surface area contributed by atoms with Gasteiger partial charge in [-0.1, -0.05) is 18.2 Å². The van der Waals surface area contributed by atoms with Gasteiger partial charge in [0.25, 0.3) is 5.91 Å². The van der Waals surface area contributed by atoms with Crippen LogP contribution in [0.15, 0.2) is 48.5 Å². The first-order valence-corrected chi connectivity index (χ1v) is 10.5. The van der Waals surface area contributed by atoms with E-state index in [1.807, 2.05) is 41.7 Å². The summed E-state index contributed by atoms with van der Waals surface area (Å²) in [6.45, 7) is 1.52. The van der Waals surface area contributed by atoms with E-state index in [0.717, 1.165) is 11.5 Å². The second kappa shape index (κ2) is 8.98. The molecule has 3 rings (SSSR count). The van der Waals surface area contributed by atoms with Crippen molar-refractivity contribution in [3.8, 4) is 6.07 Å². The van der Waals surface area contributed by atoms with Crippen LogP contribution < -0.4 is 5.32 Å². The molecular weight excluding hydrogens is 380 g/mol. The summed E-state index contributed by atoms with van der Waals surface area (Å²) in [5, 5.41) is 11.6. The molecule has 0 radical (unpaired) electrons. The minimum Gasteiger partial charge on any atom is -0.449 e. The molecule has 0 aliphatic carbocycles. The molecule has 5 nitrogen and oxygen atoms in total. The van der Waals surface area contributed by atoms with Crippen molar-refractivity contribution in [1.29, 1.82) is 5.26 Å². The van der Waals surface area contributed by atoms with Gasteiger partial charge >= 0.3 is 5.97 Å². The van der Waals surface area contributed by atoms with Crippen LogP contribution in [0.25, 0.3) is 0 Å². The quantitative estimate of drug-likeness (QED) is 0.760. The third-order valence-corrected chi connectivity index (χ3v) is 7.06. The molecule has 1 atom stereocenters. The molecule has 0 aromatic heterocycles. The van der Waals surface area contributed by atoms with E-state index in [4.69, 9.17) is 10.00 Å². The Morgan fingerprint density at radius 2 is 1.89 bits per heavy atom. The fourth-order valence-corrected chi connectivity index (χ4v) is 5.38. The number of rotatable bonds is 5. The van der Waals surface area contributed by atoms with Crippen LogP contribution in [0.3, 0.4) is 0 Å². The Bertz CT molecular complexity index is 872. The smallest absolute Gasteiger partial charge is 0.338 e. The molecule has 2 aromatic rings. The van der Waals surface area contributed by atoms with E-state index in [9.17, 15) is 9.59 Å². The molecule has 1 aliphatic rings. The van der Waals surface area contributed by atoms with Gasteiger partial charge in [-0.15, -0.1) is 23.5 Å². The normalized spacial score (nSPS) is 15.0. The number of carbonyl (C=O) groups excluding carboxylic acids is 2. The van der Waals surface area contributed by atoms with Gasteiger partial charge in [-0.05, 0) is 42.8 Å². The summed E-state index contributed by atoms with van der Waals surface area (Å²) in [4.78, 5) is 24.5. The maximum atomic E-state index is 12.3. The maximum absolute atomic E-state index is 12.3. The van der Waals surface area contributed by atoms with E-state index in [1.54, 1.807) is 36.4 Å². The average Bonchev–Trinajstić information content (AvgIpc) is 3.23. The minimum absolute atomic E-state index is 0.415. The lowest BCUT2D eigenvalue weighted by Gasteiger charge is -2.14. The summed E-state index contributed by atoms with van der Waals surface area (Å²) in [5.41, 5.74) is 2.52. The average molecular weight is 399 g/mol. The Balaban J connectivity index is 1.57. The van der Waals surface area contributed by atoms with E-state index in [2.05, 4.69) is 5.32 Å². The number of amides is 1. The second-order valence-corrected chi connectivity index (χ2v) is 8.65. The molecule has 2 aromatic carbocycles. The Morgan fingerprint density at radius 1 is 1.19 bits per heavy atom. The minimum atomic E-state index is -0.955. The number of hydrogen-bond acceptors (Lipinski definition) is 6. The van der Waals surface area contributed by atoms with E-state index < -0.39 is 18.0 Å². The fourth-order valence-electron chi connectivity index (χ4n) is 2.52. The standard InChI is InChI=1S/C20H18N2O3S2/c1-13(18(23)22-17-4-2-3-14(11-17)12-21)25-19(24)15-5-7-16(8-6-15)20-26-9-10-27-20/h2-8,11,13,20H,9-10H2,1H3,(H,22,23)/t13-/m0/s1. The van der Waals surface area contributed by atoms with Gasteiger partial charge in [-0.25, -0.2) is 4.79 Å². The summed E-state index contributed by atoms with van der Waals surface area (Å²) in [6.07, 6.45) is -0.955. The largest absolute Gasteiger partial charge is 0.449 e. The van der Waals surface area contributed by atoms with Crippen molar-refractivity contribution in [2.24, 2.45) is 0 Å². The topological polar surface area (TPSA) is 79.2 Å². The van der Waals surface area contributed by atoms with Crippen molar-refractivity contribution in [2.45, 2.75) is 17.6 Å². The maximum Gasteiger partial charge on any atom is 0.338 e. The van der Waals surface area contributed by atoms with Crippen LogP contribution in [-0.2, 0) is 9.53 Å². The Morgan fingerprint density at radius 3 is 2.56 bits per heavy atom. The Labute approximate surface area is 166 Å².